The summed E-state index contributed by atoms with van der Waals surface area (Å²) in [7, 11) is 1.79. The number of carbonyl (C=O) groups is 1. The molecule has 0 saturated carbocycles. The van der Waals surface area contributed by atoms with Crippen molar-refractivity contribution in [3.05, 3.63) is 75.5 Å². The maximum Gasteiger partial charge on any atom is 0.254 e. The number of aryl methyl sites for hydroxylation is 2. The molecule has 5 nitrogen and oxygen atoms in total. The molecule has 3 aromatic rings. The first-order chi connectivity index (χ1) is 12.4. The van der Waals surface area contributed by atoms with Crippen molar-refractivity contribution in [1.82, 2.24) is 14.9 Å². The lowest BCUT2D eigenvalue weighted by atomic mass is 10.1. The third-order valence-corrected chi connectivity index (χ3v) is 4.59. The van der Waals surface area contributed by atoms with E-state index in [1.807, 2.05) is 18.2 Å². The van der Waals surface area contributed by atoms with Crippen LogP contribution in [0.1, 0.15) is 29.1 Å². The molecule has 1 aromatic heterocycles. The molecule has 0 bridgehead atoms. The van der Waals surface area contributed by atoms with Crippen LogP contribution in [0, 0.1) is 13.8 Å². The number of carbonyl (C=O) groups excluding carboxylic acids is 1. The fraction of sp³-hybridized carbons (Fsp3) is 0.286. The van der Waals surface area contributed by atoms with Crippen LogP contribution in [0.3, 0.4) is 0 Å². The molecule has 0 saturated heterocycles. The molecule has 3 rings (SSSR count). The third kappa shape index (κ3) is 3.99. The Hall–Kier alpha value is -2.95. The van der Waals surface area contributed by atoms with Gasteiger partial charge in [-0.05, 0) is 42.7 Å². The van der Waals surface area contributed by atoms with Gasteiger partial charge in [0.15, 0.2) is 0 Å². The predicted molar refractivity (Wildman–Crippen MR) is 103 cm³/mol. The maximum absolute atomic E-state index is 12.5. The fourth-order valence-electron chi connectivity index (χ4n) is 3.17. The minimum absolute atomic E-state index is 0.0116. The zero-order valence-corrected chi connectivity index (χ0v) is 15.4. The van der Waals surface area contributed by atoms with E-state index < -0.39 is 0 Å². The van der Waals surface area contributed by atoms with Gasteiger partial charge in [-0.3, -0.25) is 9.59 Å². The number of hydrogen-bond acceptors (Lipinski definition) is 3. The average molecular weight is 349 g/mol. The molecule has 0 spiro atoms. The second-order valence-corrected chi connectivity index (χ2v) is 6.65. The van der Waals surface area contributed by atoms with Crippen molar-refractivity contribution >= 4 is 16.7 Å². The van der Waals surface area contributed by atoms with Crippen LogP contribution in [0.15, 0.2) is 47.3 Å². The van der Waals surface area contributed by atoms with Crippen LogP contribution in [-0.2, 0) is 17.8 Å². The number of fused-ring (bicyclic) bond motifs is 1. The molecule has 0 aliphatic carbocycles. The SMILES string of the molecule is Cc1nc(C)c(CCC(=O)N(C)Cc2ccc3ccccc3c2)c(=O)[nH]1. The Morgan fingerprint density at radius 1 is 1.12 bits per heavy atom. The van der Waals surface area contributed by atoms with Crippen LogP contribution in [-0.4, -0.2) is 27.8 Å². The van der Waals surface area contributed by atoms with Crippen LogP contribution in [0.4, 0.5) is 0 Å². The Kier molecular flexibility index (Phi) is 5.16. The fourth-order valence-corrected chi connectivity index (χ4v) is 3.17. The van der Waals surface area contributed by atoms with Gasteiger partial charge in [0.05, 0.1) is 0 Å². The van der Waals surface area contributed by atoms with E-state index in [4.69, 9.17) is 0 Å². The predicted octanol–water partition coefficient (Wildman–Crippen LogP) is 3.13. The Morgan fingerprint density at radius 3 is 2.58 bits per heavy atom. The van der Waals surface area contributed by atoms with E-state index >= 15 is 0 Å². The molecule has 0 fully saturated rings. The van der Waals surface area contributed by atoms with Crippen molar-refractivity contribution in [2.75, 3.05) is 7.05 Å². The van der Waals surface area contributed by atoms with E-state index in [0.29, 0.717) is 36.5 Å². The second kappa shape index (κ2) is 7.52. The van der Waals surface area contributed by atoms with E-state index in [-0.39, 0.29) is 11.5 Å². The molecule has 0 unspecified atom stereocenters. The molecule has 0 atom stereocenters. The molecule has 0 aliphatic heterocycles. The number of H-pyrrole nitrogens is 1. The zero-order valence-electron chi connectivity index (χ0n) is 15.4. The van der Waals surface area contributed by atoms with Crippen molar-refractivity contribution in [1.29, 1.82) is 0 Å². The summed E-state index contributed by atoms with van der Waals surface area (Å²) in [4.78, 5) is 33.2. The Balaban J connectivity index is 1.65. The van der Waals surface area contributed by atoms with Gasteiger partial charge in [-0.25, -0.2) is 4.98 Å². The Morgan fingerprint density at radius 2 is 1.85 bits per heavy atom. The molecular formula is C21H23N3O2. The van der Waals surface area contributed by atoms with Gasteiger partial charge in [0.25, 0.3) is 5.56 Å². The lowest BCUT2D eigenvalue weighted by Crippen LogP contribution is -2.27. The number of nitrogens with one attached hydrogen (secondary N) is 1. The number of aromatic nitrogens is 2. The number of amides is 1. The van der Waals surface area contributed by atoms with Crippen LogP contribution in [0.2, 0.25) is 0 Å². The molecule has 5 heteroatoms. The van der Waals surface area contributed by atoms with E-state index in [2.05, 4.69) is 34.2 Å². The second-order valence-electron chi connectivity index (χ2n) is 6.65. The van der Waals surface area contributed by atoms with Crippen molar-refractivity contribution in [3.63, 3.8) is 0 Å². The van der Waals surface area contributed by atoms with Gasteiger partial charge in [0.2, 0.25) is 5.91 Å². The first-order valence-electron chi connectivity index (χ1n) is 8.72. The molecule has 1 amide bonds. The van der Waals surface area contributed by atoms with Crippen molar-refractivity contribution < 1.29 is 4.79 Å². The van der Waals surface area contributed by atoms with E-state index in [1.165, 1.54) is 10.8 Å². The van der Waals surface area contributed by atoms with Gasteiger partial charge in [-0.1, -0.05) is 36.4 Å². The normalized spacial score (nSPS) is 10.9. The standard InChI is InChI=1S/C21H23N3O2/c1-14-19(21(26)23-15(2)22-14)10-11-20(25)24(3)13-16-8-9-17-6-4-5-7-18(17)12-16/h4-9,12H,10-11,13H2,1-3H3,(H,22,23,26). The van der Waals surface area contributed by atoms with E-state index in [9.17, 15) is 9.59 Å². The van der Waals surface area contributed by atoms with Gasteiger partial charge in [-0.15, -0.1) is 0 Å². The molecule has 1 heterocycles. The van der Waals surface area contributed by atoms with E-state index in [1.54, 1.807) is 25.8 Å². The van der Waals surface area contributed by atoms with Crippen LogP contribution in [0.25, 0.3) is 10.8 Å². The van der Waals surface area contributed by atoms with Crippen molar-refractivity contribution in [2.24, 2.45) is 0 Å². The monoisotopic (exact) mass is 349 g/mol. The molecule has 1 N–H and O–H groups in total. The maximum atomic E-state index is 12.5. The summed E-state index contributed by atoms with van der Waals surface area (Å²) >= 11 is 0. The van der Waals surface area contributed by atoms with Crippen LogP contribution in [0.5, 0.6) is 0 Å². The van der Waals surface area contributed by atoms with E-state index in [0.717, 1.165) is 5.56 Å². The largest absolute Gasteiger partial charge is 0.341 e. The summed E-state index contributed by atoms with van der Waals surface area (Å²) in [6, 6.07) is 14.4. The van der Waals surface area contributed by atoms with Crippen LogP contribution < -0.4 is 5.56 Å². The summed E-state index contributed by atoms with van der Waals surface area (Å²) in [5.74, 6) is 0.605. The minimum Gasteiger partial charge on any atom is -0.341 e. The highest BCUT2D eigenvalue weighted by molar-refractivity contribution is 5.83. The lowest BCUT2D eigenvalue weighted by molar-refractivity contribution is -0.130. The lowest BCUT2D eigenvalue weighted by Gasteiger charge is -2.18. The van der Waals surface area contributed by atoms with Gasteiger partial charge in [-0.2, -0.15) is 0 Å². The van der Waals surface area contributed by atoms with Crippen molar-refractivity contribution in [2.45, 2.75) is 33.2 Å². The molecular weight excluding hydrogens is 326 g/mol. The summed E-state index contributed by atoms with van der Waals surface area (Å²) in [6.45, 7) is 4.10. The smallest absolute Gasteiger partial charge is 0.254 e. The highest BCUT2D eigenvalue weighted by Gasteiger charge is 2.13. The number of benzene rings is 2. The quantitative estimate of drug-likeness (QED) is 0.769. The Labute approximate surface area is 152 Å². The molecule has 26 heavy (non-hydrogen) atoms. The number of aromatic amines is 1. The highest BCUT2D eigenvalue weighted by Crippen LogP contribution is 2.17. The Bertz CT molecular complexity index is 1010. The molecule has 0 radical (unpaired) electrons. The van der Waals surface area contributed by atoms with Crippen LogP contribution >= 0.6 is 0 Å². The summed E-state index contributed by atoms with van der Waals surface area (Å²) < 4.78 is 0. The summed E-state index contributed by atoms with van der Waals surface area (Å²) in [5, 5.41) is 2.35. The summed E-state index contributed by atoms with van der Waals surface area (Å²) in [5.41, 5.74) is 2.21. The summed E-state index contributed by atoms with van der Waals surface area (Å²) in [6.07, 6.45) is 0.689. The minimum atomic E-state index is -0.153. The highest BCUT2D eigenvalue weighted by atomic mass is 16.2. The number of hydrogen-bond donors (Lipinski definition) is 1. The first kappa shape index (κ1) is 17.9. The van der Waals surface area contributed by atoms with Gasteiger partial charge in [0.1, 0.15) is 5.82 Å². The topological polar surface area (TPSA) is 66.1 Å². The zero-order chi connectivity index (χ0) is 18.7. The third-order valence-electron chi connectivity index (χ3n) is 4.59. The molecule has 134 valence electrons. The van der Waals surface area contributed by atoms with Crippen molar-refractivity contribution in [3.8, 4) is 0 Å². The van der Waals surface area contributed by atoms with Gasteiger partial charge >= 0.3 is 0 Å². The molecule has 2 aromatic carbocycles. The number of nitrogens with zero attached hydrogens (tertiary/aromatic N) is 2. The van der Waals surface area contributed by atoms with Gasteiger partial charge in [0, 0.05) is 31.3 Å². The average Bonchev–Trinajstić information content (AvgIpc) is 2.60. The molecule has 0 aliphatic rings. The first-order valence-corrected chi connectivity index (χ1v) is 8.72. The number of rotatable bonds is 5. The van der Waals surface area contributed by atoms with Gasteiger partial charge < -0.3 is 9.88 Å².